The maximum atomic E-state index is 10.9. The summed E-state index contributed by atoms with van der Waals surface area (Å²) in [6, 6.07) is 3.99. The first kappa shape index (κ1) is 10.7. The number of pyridine rings is 1. The minimum atomic E-state index is 0.810. The van der Waals surface area contributed by atoms with Crippen molar-refractivity contribution in [3.05, 3.63) is 29.6 Å². The van der Waals surface area contributed by atoms with Crippen LogP contribution in [0.5, 0.6) is 0 Å². The molecular weight excluding hydrogens is 202 g/mol. The van der Waals surface area contributed by atoms with Crippen LogP contribution in [0.15, 0.2) is 18.3 Å². The molecule has 2 heterocycles. The average Bonchev–Trinajstić information content (AvgIpc) is 2.65. The number of fused-ring (bicyclic) bond motifs is 1. The van der Waals surface area contributed by atoms with Gasteiger partial charge in [-0.15, -0.1) is 0 Å². The topological polar surface area (TPSA) is 37.6 Å². The molecule has 0 aliphatic carbocycles. The van der Waals surface area contributed by atoms with Crippen molar-refractivity contribution in [3.8, 4) is 0 Å². The zero-order chi connectivity index (χ0) is 11.7. The Balaban J connectivity index is 2.75. The van der Waals surface area contributed by atoms with Gasteiger partial charge >= 0.3 is 0 Å². The van der Waals surface area contributed by atoms with Crippen LogP contribution in [0.4, 0.5) is 5.82 Å². The molecule has 0 bridgehead atoms. The summed E-state index contributed by atoms with van der Waals surface area (Å²) in [4.78, 5) is 17.0. The minimum absolute atomic E-state index is 0.810. The molecule has 0 N–H and O–H groups in total. The minimum Gasteiger partial charge on any atom is -0.302 e. The van der Waals surface area contributed by atoms with Gasteiger partial charge in [-0.05, 0) is 25.0 Å². The number of nitrogens with zero attached hydrogens (tertiary/aromatic N) is 3. The molecule has 0 aliphatic rings. The predicted molar refractivity (Wildman–Crippen MR) is 63.8 cm³/mol. The fraction of sp³-hybridized carbons (Fsp3) is 0.333. The highest BCUT2D eigenvalue weighted by Crippen LogP contribution is 2.21. The van der Waals surface area contributed by atoms with Crippen molar-refractivity contribution >= 4 is 17.9 Å². The number of carbonyl (C=O) groups is 1. The van der Waals surface area contributed by atoms with E-state index in [1.165, 1.54) is 0 Å². The molecular formula is C12H15N3O. The van der Waals surface area contributed by atoms with Crippen LogP contribution in [0.25, 0.3) is 5.65 Å². The van der Waals surface area contributed by atoms with Crippen LogP contribution in [0, 0.1) is 6.92 Å². The quantitative estimate of drug-likeness (QED) is 0.735. The highest BCUT2D eigenvalue weighted by Gasteiger charge is 2.13. The maximum Gasteiger partial charge on any atom is 0.215 e. The van der Waals surface area contributed by atoms with E-state index in [1.807, 2.05) is 36.6 Å². The normalized spacial score (nSPS) is 10.7. The standard InChI is InChI=1S/C12H15N3O/c1-4-10-12(14(3)8-16)15-7-9(2)5-6-11(15)13-10/h5-8H,4H2,1-3H3. The van der Waals surface area contributed by atoms with Crippen molar-refractivity contribution in [3.63, 3.8) is 0 Å². The third-order valence-electron chi connectivity index (χ3n) is 2.64. The summed E-state index contributed by atoms with van der Waals surface area (Å²) in [6.07, 6.45) is 3.62. The number of aryl methyl sites for hydroxylation is 2. The number of imidazole rings is 1. The lowest BCUT2D eigenvalue weighted by Gasteiger charge is -2.12. The first-order valence-electron chi connectivity index (χ1n) is 5.33. The summed E-state index contributed by atoms with van der Waals surface area (Å²) in [7, 11) is 1.75. The van der Waals surface area contributed by atoms with Crippen LogP contribution in [0.1, 0.15) is 18.2 Å². The van der Waals surface area contributed by atoms with E-state index >= 15 is 0 Å². The molecule has 16 heavy (non-hydrogen) atoms. The highest BCUT2D eigenvalue weighted by molar-refractivity contribution is 5.75. The second-order valence-electron chi connectivity index (χ2n) is 3.89. The third-order valence-corrected chi connectivity index (χ3v) is 2.64. The molecule has 2 aromatic rings. The van der Waals surface area contributed by atoms with Gasteiger partial charge in [0.15, 0.2) is 0 Å². The van der Waals surface area contributed by atoms with Gasteiger partial charge in [0.05, 0.1) is 5.69 Å². The van der Waals surface area contributed by atoms with E-state index in [-0.39, 0.29) is 0 Å². The van der Waals surface area contributed by atoms with E-state index in [4.69, 9.17) is 0 Å². The van der Waals surface area contributed by atoms with Crippen LogP contribution in [0.3, 0.4) is 0 Å². The molecule has 0 unspecified atom stereocenters. The fourth-order valence-electron chi connectivity index (χ4n) is 1.85. The van der Waals surface area contributed by atoms with Gasteiger partial charge in [-0.2, -0.15) is 0 Å². The summed E-state index contributed by atoms with van der Waals surface area (Å²) in [5, 5.41) is 0. The van der Waals surface area contributed by atoms with Gasteiger partial charge in [0, 0.05) is 13.2 Å². The molecule has 0 atom stereocenters. The molecule has 2 rings (SSSR count). The van der Waals surface area contributed by atoms with Crippen molar-refractivity contribution in [1.29, 1.82) is 0 Å². The molecule has 0 saturated carbocycles. The smallest absolute Gasteiger partial charge is 0.215 e. The Bertz CT molecular complexity index is 530. The highest BCUT2D eigenvalue weighted by atomic mass is 16.1. The van der Waals surface area contributed by atoms with Crippen molar-refractivity contribution < 1.29 is 4.79 Å². The second kappa shape index (κ2) is 3.96. The van der Waals surface area contributed by atoms with Gasteiger partial charge < -0.3 is 4.90 Å². The van der Waals surface area contributed by atoms with E-state index in [9.17, 15) is 4.79 Å². The number of hydrogen-bond donors (Lipinski definition) is 0. The van der Waals surface area contributed by atoms with Gasteiger partial charge in [-0.3, -0.25) is 9.20 Å². The summed E-state index contributed by atoms with van der Waals surface area (Å²) in [6.45, 7) is 4.06. The zero-order valence-electron chi connectivity index (χ0n) is 9.77. The van der Waals surface area contributed by atoms with Crippen molar-refractivity contribution in [2.75, 3.05) is 11.9 Å². The lowest BCUT2D eigenvalue weighted by atomic mass is 10.3. The molecule has 0 radical (unpaired) electrons. The van der Waals surface area contributed by atoms with E-state index < -0.39 is 0 Å². The number of aromatic nitrogens is 2. The maximum absolute atomic E-state index is 10.9. The molecule has 0 saturated heterocycles. The summed E-state index contributed by atoms with van der Waals surface area (Å²) >= 11 is 0. The molecule has 4 heteroatoms. The number of hydrogen-bond acceptors (Lipinski definition) is 2. The van der Waals surface area contributed by atoms with Crippen LogP contribution < -0.4 is 4.90 Å². The molecule has 84 valence electrons. The molecule has 4 nitrogen and oxygen atoms in total. The van der Waals surface area contributed by atoms with E-state index in [0.29, 0.717) is 0 Å². The molecule has 0 fully saturated rings. The lowest BCUT2D eigenvalue weighted by molar-refractivity contribution is -0.107. The van der Waals surface area contributed by atoms with E-state index in [2.05, 4.69) is 4.98 Å². The van der Waals surface area contributed by atoms with Gasteiger partial charge in [-0.25, -0.2) is 4.98 Å². The number of rotatable bonds is 3. The average molecular weight is 217 g/mol. The van der Waals surface area contributed by atoms with Crippen LogP contribution in [-0.2, 0) is 11.2 Å². The monoisotopic (exact) mass is 217 g/mol. The number of carbonyl (C=O) groups excluding carboxylic acids is 1. The second-order valence-corrected chi connectivity index (χ2v) is 3.89. The summed E-state index contributed by atoms with van der Waals surface area (Å²) < 4.78 is 1.96. The lowest BCUT2D eigenvalue weighted by Crippen LogP contribution is -2.17. The Morgan fingerprint density at radius 3 is 2.88 bits per heavy atom. The Hall–Kier alpha value is -1.84. The Labute approximate surface area is 94.5 Å². The van der Waals surface area contributed by atoms with Crippen molar-refractivity contribution in [1.82, 2.24) is 9.38 Å². The Morgan fingerprint density at radius 2 is 2.25 bits per heavy atom. The fourth-order valence-corrected chi connectivity index (χ4v) is 1.85. The van der Waals surface area contributed by atoms with Crippen LogP contribution >= 0.6 is 0 Å². The molecule has 0 spiro atoms. The zero-order valence-corrected chi connectivity index (χ0v) is 9.77. The molecule has 0 aliphatic heterocycles. The first-order chi connectivity index (χ1) is 7.67. The van der Waals surface area contributed by atoms with Crippen molar-refractivity contribution in [2.45, 2.75) is 20.3 Å². The molecule has 1 amide bonds. The largest absolute Gasteiger partial charge is 0.302 e. The van der Waals surface area contributed by atoms with E-state index in [0.717, 1.165) is 35.6 Å². The summed E-state index contributed by atoms with van der Waals surface area (Å²) in [5.41, 5.74) is 2.97. The number of amides is 1. The van der Waals surface area contributed by atoms with Crippen molar-refractivity contribution in [2.24, 2.45) is 0 Å². The van der Waals surface area contributed by atoms with E-state index in [1.54, 1.807) is 11.9 Å². The van der Waals surface area contributed by atoms with Gasteiger partial charge in [0.2, 0.25) is 6.41 Å². The van der Waals surface area contributed by atoms with Crippen LogP contribution in [0.2, 0.25) is 0 Å². The number of anilines is 1. The third kappa shape index (κ3) is 1.56. The van der Waals surface area contributed by atoms with Gasteiger partial charge in [0.1, 0.15) is 11.5 Å². The molecule has 0 aromatic carbocycles. The Kier molecular flexibility index (Phi) is 2.64. The Morgan fingerprint density at radius 1 is 1.50 bits per heavy atom. The van der Waals surface area contributed by atoms with Crippen LogP contribution in [-0.4, -0.2) is 22.8 Å². The molecule has 2 aromatic heterocycles. The SMILES string of the molecule is CCc1nc2ccc(C)cn2c1N(C)C=O. The van der Waals surface area contributed by atoms with Gasteiger partial charge in [0.25, 0.3) is 0 Å². The summed E-state index contributed by atoms with van der Waals surface area (Å²) in [5.74, 6) is 0.858. The predicted octanol–water partition coefficient (Wildman–Crippen LogP) is 1.80. The van der Waals surface area contributed by atoms with Gasteiger partial charge in [-0.1, -0.05) is 13.0 Å². The first-order valence-corrected chi connectivity index (χ1v) is 5.33.